The van der Waals surface area contributed by atoms with E-state index in [2.05, 4.69) is 28.7 Å². The van der Waals surface area contributed by atoms with E-state index in [-0.39, 0.29) is 5.97 Å². The molecule has 21 heavy (non-hydrogen) atoms. The Bertz CT molecular complexity index is 605. The zero-order valence-corrected chi connectivity index (χ0v) is 12.7. The minimum Gasteiger partial charge on any atom is -0.462 e. The lowest BCUT2D eigenvalue weighted by Gasteiger charge is -2.14. The summed E-state index contributed by atoms with van der Waals surface area (Å²) in [4.78, 5) is 16.1. The summed E-state index contributed by atoms with van der Waals surface area (Å²) in [6.45, 7) is 6.99. The number of rotatable bonds is 6. The number of aromatic nitrogens is 2. The molecule has 1 aromatic heterocycles. The Balaban J connectivity index is 2.13. The fourth-order valence-corrected chi connectivity index (χ4v) is 2.14. The van der Waals surface area contributed by atoms with Crippen LogP contribution in [0.5, 0.6) is 0 Å². The van der Waals surface area contributed by atoms with Crippen molar-refractivity contribution in [3.63, 3.8) is 0 Å². The van der Waals surface area contributed by atoms with Crippen molar-refractivity contribution in [1.82, 2.24) is 9.55 Å². The van der Waals surface area contributed by atoms with Gasteiger partial charge in [-0.2, -0.15) is 0 Å². The molecule has 0 radical (unpaired) electrons. The van der Waals surface area contributed by atoms with E-state index in [0.717, 1.165) is 11.4 Å². The molecule has 112 valence electrons. The molecule has 2 aromatic rings. The number of nitrogens with zero attached hydrogens (tertiary/aromatic N) is 2. The molecule has 0 saturated heterocycles. The SMILES string of the molecule is CCOC(=O)c1ccccc1NCc1cncn1C(C)C. The molecule has 0 amide bonds. The topological polar surface area (TPSA) is 56.1 Å². The number of esters is 1. The van der Waals surface area contributed by atoms with Crippen LogP contribution in [0.1, 0.15) is 42.9 Å². The van der Waals surface area contributed by atoms with Crippen LogP contribution in [0.25, 0.3) is 0 Å². The van der Waals surface area contributed by atoms with Crippen LogP contribution in [-0.4, -0.2) is 22.1 Å². The van der Waals surface area contributed by atoms with Gasteiger partial charge in [0.1, 0.15) is 0 Å². The van der Waals surface area contributed by atoms with Gasteiger partial charge in [0.2, 0.25) is 0 Å². The second-order valence-corrected chi connectivity index (χ2v) is 5.01. The lowest BCUT2D eigenvalue weighted by atomic mass is 10.1. The minimum absolute atomic E-state index is 0.307. The largest absolute Gasteiger partial charge is 0.462 e. The van der Waals surface area contributed by atoms with Crippen molar-refractivity contribution < 1.29 is 9.53 Å². The van der Waals surface area contributed by atoms with Crippen molar-refractivity contribution in [2.24, 2.45) is 0 Å². The van der Waals surface area contributed by atoms with E-state index in [1.54, 1.807) is 13.0 Å². The number of carbonyl (C=O) groups is 1. The third-order valence-electron chi connectivity index (χ3n) is 3.18. The molecule has 1 aromatic carbocycles. The Labute approximate surface area is 125 Å². The molecule has 0 aliphatic carbocycles. The van der Waals surface area contributed by atoms with Gasteiger partial charge in [0.25, 0.3) is 0 Å². The molecule has 2 rings (SSSR count). The Morgan fingerprint density at radius 3 is 2.86 bits per heavy atom. The van der Waals surface area contributed by atoms with Gasteiger partial charge in [-0.3, -0.25) is 0 Å². The van der Waals surface area contributed by atoms with Crippen molar-refractivity contribution >= 4 is 11.7 Å². The van der Waals surface area contributed by atoms with E-state index in [1.807, 2.05) is 30.7 Å². The maximum atomic E-state index is 11.9. The smallest absolute Gasteiger partial charge is 0.340 e. The number of anilines is 1. The van der Waals surface area contributed by atoms with E-state index < -0.39 is 0 Å². The van der Waals surface area contributed by atoms with Crippen molar-refractivity contribution in [3.8, 4) is 0 Å². The molecule has 5 nitrogen and oxygen atoms in total. The van der Waals surface area contributed by atoms with Crippen LogP contribution in [0.4, 0.5) is 5.69 Å². The summed E-state index contributed by atoms with van der Waals surface area (Å²) in [7, 11) is 0. The number of para-hydroxylation sites is 1. The molecule has 0 bridgehead atoms. The minimum atomic E-state index is -0.307. The highest BCUT2D eigenvalue weighted by Crippen LogP contribution is 2.18. The van der Waals surface area contributed by atoms with E-state index >= 15 is 0 Å². The molecule has 5 heteroatoms. The Hall–Kier alpha value is -2.30. The van der Waals surface area contributed by atoms with Gasteiger partial charge < -0.3 is 14.6 Å². The summed E-state index contributed by atoms with van der Waals surface area (Å²) in [5.74, 6) is -0.307. The first-order valence-corrected chi connectivity index (χ1v) is 7.14. The predicted octanol–water partition coefficient (Wildman–Crippen LogP) is 3.25. The molecule has 0 unspecified atom stereocenters. The molecule has 0 spiro atoms. The summed E-state index contributed by atoms with van der Waals surface area (Å²) in [5, 5.41) is 3.29. The van der Waals surface area contributed by atoms with Crippen LogP contribution in [-0.2, 0) is 11.3 Å². The van der Waals surface area contributed by atoms with E-state index in [4.69, 9.17) is 4.74 Å². The zero-order chi connectivity index (χ0) is 15.2. The molecule has 1 heterocycles. The van der Waals surface area contributed by atoms with Gasteiger partial charge in [-0.1, -0.05) is 12.1 Å². The van der Waals surface area contributed by atoms with Crippen LogP contribution >= 0.6 is 0 Å². The summed E-state index contributed by atoms with van der Waals surface area (Å²) >= 11 is 0. The second kappa shape index (κ2) is 6.92. The first-order valence-electron chi connectivity index (χ1n) is 7.14. The van der Waals surface area contributed by atoms with Gasteiger partial charge in [-0.25, -0.2) is 9.78 Å². The van der Waals surface area contributed by atoms with Gasteiger partial charge in [0, 0.05) is 17.9 Å². The monoisotopic (exact) mass is 287 g/mol. The van der Waals surface area contributed by atoms with Crippen molar-refractivity contribution in [3.05, 3.63) is 48.0 Å². The average Bonchev–Trinajstić information content (AvgIpc) is 2.94. The summed E-state index contributed by atoms with van der Waals surface area (Å²) < 4.78 is 7.17. The molecule has 0 fully saturated rings. The third kappa shape index (κ3) is 3.62. The van der Waals surface area contributed by atoms with Gasteiger partial charge in [-0.15, -0.1) is 0 Å². The molecule has 0 aliphatic heterocycles. The lowest BCUT2D eigenvalue weighted by Crippen LogP contribution is -2.12. The third-order valence-corrected chi connectivity index (χ3v) is 3.18. The average molecular weight is 287 g/mol. The van der Waals surface area contributed by atoms with Crippen molar-refractivity contribution in [2.75, 3.05) is 11.9 Å². The fourth-order valence-electron chi connectivity index (χ4n) is 2.14. The Morgan fingerprint density at radius 2 is 2.14 bits per heavy atom. The maximum absolute atomic E-state index is 11.9. The van der Waals surface area contributed by atoms with Crippen molar-refractivity contribution in [1.29, 1.82) is 0 Å². The zero-order valence-electron chi connectivity index (χ0n) is 12.7. The van der Waals surface area contributed by atoms with Crippen LogP contribution in [0.2, 0.25) is 0 Å². The number of nitrogens with one attached hydrogen (secondary N) is 1. The molecule has 1 N–H and O–H groups in total. The molecule has 0 aliphatic rings. The van der Waals surface area contributed by atoms with Crippen LogP contribution < -0.4 is 5.32 Å². The number of hydrogen-bond acceptors (Lipinski definition) is 4. The normalized spacial score (nSPS) is 10.7. The number of imidazole rings is 1. The van der Waals surface area contributed by atoms with Gasteiger partial charge in [-0.05, 0) is 32.9 Å². The van der Waals surface area contributed by atoms with Crippen LogP contribution in [0.15, 0.2) is 36.8 Å². The number of benzene rings is 1. The first-order chi connectivity index (χ1) is 10.1. The summed E-state index contributed by atoms with van der Waals surface area (Å²) in [5.41, 5.74) is 2.39. The molecule has 0 atom stereocenters. The van der Waals surface area contributed by atoms with Crippen LogP contribution in [0, 0.1) is 0 Å². The van der Waals surface area contributed by atoms with Gasteiger partial charge >= 0.3 is 5.97 Å². The number of ether oxygens (including phenoxy) is 1. The van der Waals surface area contributed by atoms with E-state index in [1.165, 1.54) is 0 Å². The molecule has 0 saturated carbocycles. The highest BCUT2D eigenvalue weighted by atomic mass is 16.5. The van der Waals surface area contributed by atoms with E-state index in [0.29, 0.717) is 24.8 Å². The number of hydrogen-bond donors (Lipinski definition) is 1. The Morgan fingerprint density at radius 1 is 1.38 bits per heavy atom. The summed E-state index contributed by atoms with van der Waals surface area (Å²) in [6, 6.07) is 7.72. The number of carbonyl (C=O) groups excluding carboxylic acids is 1. The molecular weight excluding hydrogens is 266 g/mol. The van der Waals surface area contributed by atoms with Gasteiger partial charge in [0.15, 0.2) is 0 Å². The molecular formula is C16H21N3O2. The standard InChI is InChI=1S/C16H21N3O2/c1-4-21-16(20)14-7-5-6-8-15(14)18-10-13-9-17-11-19(13)12(2)3/h5-9,11-12,18H,4,10H2,1-3H3. The second-order valence-electron chi connectivity index (χ2n) is 5.01. The van der Waals surface area contributed by atoms with Crippen LogP contribution in [0.3, 0.4) is 0 Å². The van der Waals surface area contributed by atoms with Crippen molar-refractivity contribution in [2.45, 2.75) is 33.4 Å². The van der Waals surface area contributed by atoms with Gasteiger partial charge in [0.05, 0.1) is 30.7 Å². The Kier molecular flexibility index (Phi) is 4.98. The lowest BCUT2D eigenvalue weighted by molar-refractivity contribution is 0.0527. The summed E-state index contributed by atoms with van der Waals surface area (Å²) in [6.07, 6.45) is 3.65. The van der Waals surface area contributed by atoms with E-state index in [9.17, 15) is 4.79 Å². The highest BCUT2D eigenvalue weighted by molar-refractivity contribution is 5.95. The maximum Gasteiger partial charge on any atom is 0.340 e. The fraction of sp³-hybridized carbons (Fsp3) is 0.375. The first kappa shape index (κ1) is 15.1. The predicted molar refractivity (Wildman–Crippen MR) is 82.3 cm³/mol. The quantitative estimate of drug-likeness (QED) is 0.829. The highest BCUT2D eigenvalue weighted by Gasteiger charge is 2.12.